The third-order valence-corrected chi connectivity index (χ3v) is 5.14. The van der Waals surface area contributed by atoms with E-state index in [4.69, 9.17) is 10.5 Å². The molecule has 0 spiro atoms. The average Bonchev–Trinajstić information content (AvgIpc) is 2.63. The van der Waals surface area contributed by atoms with Crippen molar-refractivity contribution in [2.75, 3.05) is 26.7 Å². The molecular formula is C20H26N2O. The van der Waals surface area contributed by atoms with Crippen LogP contribution >= 0.6 is 0 Å². The Bertz CT molecular complexity index is 619. The van der Waals surface area contributed by atoms with Gasteiger partial charge in [-0.1, -0.05) is 42.5 Å². The van der Waals surface area contributed by atoms with Crippen LogP contribution in [0.3, 0.4) is 0 Å². The highest BCUT2D eigenvalue weighted by molar-refractivity contribution is 5.35. The first-order chi connectivity index (χ1) is 11.3. The van der Waals surface area contributed by atoms with Gasteiger partial charge in [-0.25, -0.2) is 0 Å². The van der Waals surface area contributed by atoms with Crippen LogP contribution in [0.2, 0.25) is 0 Å². The lowest BCUT2D eigenvalue weighted by atomic mass is 9.72. The van der Waals surface area contributed by atoms with Gasteiger partial charge >= 0.3 is 0 Å². The molecule has 2 aromatic carbocycles. The molecule has 1 aliphatic heterocycles. The first-order valence-electron chi connectivity index (χ1n) is 8.37. The predicted molar refractivity (Wildman–Crippen MR) is 94.7 cm³/mol. The van der Waals surface area contributed by atoms with Gasteiger partial charge in [0.05, 0.1) is 7.11 Å². The van der Waals surface area contributed by atoms with Crippen LogP contribution in [0.15, 0.2) is 54.6 Å². The molecule has 0 bridgehead atoms. The number of methoxy groups -OCH3 is 1. The number of rotatable bonds is 5. The minimum atomic E-state index is 0.0850. The number of hydrogen-bond donors (Lipinski definition) is 1. The normalized spacial score (nSPS) is 17.8. The van der Waals surface area contributed by atoms with Crippen LogP contribution in [0.25, 0.3) is 0 Å². The lowest BCUT2D eigenvalue weighted by Crippen LogP contribution is -2.46. The van der Waals surface area contributed by atoms with Crippen LogP contribution in [0.4, 0.5) is 0 Å². The van der Waals surface area contributed by atoms with Crippen LogP contribution in [-0.2, 0) is 12.0 Å². The number of nitrogens with two attached hydrogens (primary N) is 1. The van der Waals surface area contributed by atoms with E-state index in [-0.39, 0.29) is 5.41 Å². The molecule has 2 aromatic rings. The zero-order chi connectivity index (χ0) is 16.1. The number of likely N-dealkylation sites (tertiary alicyclic amines) is 1. The second-order valence-corrected chi connectivity index (χ2v) is 6.48. The number of piperidine rings is 1. The molecule has 0 unspecified atom stereocenters. The fourth-order valence-electron chi connectivity index (χ4n) is 3.54. The fraction of sp³-hybridized carbons (Fsp3) is 0.400. The lowest BCUT2D eigenvalue weighted by Gasteiger charge is -2.41. The molecular weight excluding hydrogens is 284 g/mol. The van der Waals surface area contributed by atoms with E-state index >= 15 is 0 Å². The summed E-state index contributed by atoms with van der Waals surface area (Å²) in [5.74, 6) is 0.919. The zero-order valence-corrected chi connectivity index (χ0v) is 13.9. The SMILES string of the molecule is COc1cccc(C2(CN)CCN(Cc3ccccc3)CC2)c1. The standard InChI is InChI=1S/C20H26N2O/c1-23-19-9-5-8-18(14-19)20(16-21)10-12-22(13-11-20)15-17-6-3-2-4-7-17/h2-9,14H,10-13,15-16,21H2,1H3. The van der Waals surface area contributed by atoms with Crippen molar-refractivity contribution in [3.63, 3.8) is 0 Å². The summed E-state index contributed by atoms with van der Waals surface area (Å²) in [6.45, 7) is 3.89. The van der Waals surface area contributed by atoms with E-state index < -0.39 is 0 Å². The van der Waals surface area contributed by atoms with Crippen molar-refractivity contribution < 1.29 is 4.74 Å². The van der Waals surface area contributed by atoms with Crippen molar-refractivity contribution in [2.24, 2.45) is 5.73 Å². The maximum atomic E-state index is 6.20. The van der Waals surface area contributed by atoms with Gasteiger partial charge < -0.3 is 10.5 Å². The van der Waals surface area contributed by atoms with Crippen LogP contribution in [0.1, 0.15) is 24.0 Å². The quantitative estimate of drug-likeness (QED) is 0.922. The minimum Gasteiger partial charge on any atom is -0.497 e. The van der Waals surface area contributed by atoms with E-state index in [1.54, 1.807) is 7.11 Å². The molecule has 1 aliphatic rings. The first kappa shape index (κ1) is 16.0. The summed E-state index contributed by atoms with van der Waals surface area (Å²) in [6, 6.07) is 19.1. The van der Waals surface area contributed by atoms with Gasteiger partial charge in [-0.05, 0) is 49.2 Å². The monoisotopic (exact) mass is 310 g/mol. The van der Waals surface area contributed by atoms with E-state index in [9.17, 15) is 0 Å². The van der Waals surface area contributed by atoms with E-state index in [0.717, 1.165) is 38.2 Å². The fourth-order valence-corrected chi connectivity index (χ4v) is 3.54. The van der Waals surface area contributed by atoms with Crippen LogP contribution in [-0.4, -0.2) is 31.6 Å². The highest BCUT2D eigenvalue weighted by Crippen LogP contribution is 2.36. The number of ether oxygens (including phenoxy) is 1. The number of nitrogens with zero attached hydrogens (tertiary/aromatic N) is 1. The van der Waals surface area contributed by atoms with E-state index in [1.165, 1.54) is 11.1 Å². The van der Waals surface area contributed by atoms with Crippen molar-refractivity contribution >= 4 is 0 Å². The molecule has 3 rings (SSSR count). The first-order valence-corrected chi connectivity index (χ1v) is 8.37. The van der Waals surface area contributed by atoms with Gasteiger partial charge in [-0.15, -0.1) is 0 Å². The Kier molecular flexibility index (Phi) is 4.99. The van der Waals surface area contributed by atoms with Crippen LogP contribution in [0, 0.1) is 0 Å². The summed E-state index contributed by atoms with van der Waals surface area (Å²) >= 11 is 0. The van der Waals surface area contributed by atoms with Crippen LogP contribution < -0.4 is 10.5 Å². The maximum absolute atomic E-state index is 6.20. The van der Waals surface area contributed by atoms with Gasteiger partial charge in [-0.3, -0.25) is 4.90 Å². The maximum Gasteiger partial charge on any atom is 0.119 e. The Morgan fingerprint density at radius 1 is 1.04 bits per heavy atom. The largest absolute Gasteiger partial charge is 0.497 e. The average molecular weight is 310 g/mol. The van der Waals surface area contributed by atoms with Crippen molar-refractivity contribution in [3.05, 3.63) is 65.7 Å². The summed E-state index contributed by atoms with van der Waals surface area (Å²) in [6.07, 6.45) is 2.20. The summed E-state index contributed by atoms with van der Waals surface area (Å²) in [7, 11) is 1.72. The third kappa shape index (κ3) is 3.57. The van der Waals surface area contributed by atoms with Crippen LogP contribution in [0.5, 0.6) is 5.75 Å². The predicted octanol–water partition coefficient (Wildman–Crippen LogP) is 3.19. The molecule has 0 saturated carbocycles. The Morgan fingerprint density at radius 2 is 1.78 bits per heavy atom. The molecule has 1 heterocycles. The smallest absolute Gasteiger partial charge is 0.119 e. The zero-order valence-electron chi connectivity index (χ0n) is 13.9. The topological polar surface area (TPSA) is 38.5 Å². The lowest BCUT2D eigenvalue weighted by molar-refractivity contribution is 0.156. The molecule has 23 heavy (non-hydrogen) atoms. The van der Waals surface area contributed by atoms with Gasteiger partial charge in [0.15, 0.2) is 0 Å². The molecule has 3 nitrogen and oxygen atoms in total. The van der Waals surface area contributed by atoms with Gasteiger partial charge in [-0.2, -0.15) is 0 Å². The minimum absolute atomic E-state index is 0.0850. The van der Waals surface area contributed by atoms with Crippen molar-refractivity contribution in [3.8, 4) is 5.75 Å². The summed E-state index contributed by atoms with van der Waals surface area (Å²) in [5, 5.41) is 0. The molecule has 0 radical (unpaired) electrons. The highest BCUT2D eigenvalue weighted by Gasteiger charge is 2.35. The van der Waals surface area contributed by atoms with E-state index in [2.05, 4.69) is 53.4 Å². The number of benzene rings is 2. The van der Waals surface area contributed by atoms with Gasteiger partial charge in [0.25, 0.3) is 0 Å². The van der Waals surface area contributed by atoms with Crippen molar-refractivity contribution in [1.82, 2.24) is 4.90 Å². The summed E-state index contributed by atoms with van der Waals surface area (Å²) in [4.78, 5) is 2.53. The van der Waals surface area contributed by atoms with Crippen molar-refractivity contribution in [1.29, 1.82) is 0 Å². The molecule has 0 amide bonds. The summed E-state index contributed by atoms with van der Waals surface area (Å²) in [5.41, 5.74) is 8.99. The molecule has 1 fully saturated rings. The van der Waals surface area contributed by atoms with Gasteiger partial charge in [0.2, 0.25) is 0 Å². The highest BCUT2D eigenvalue weighted by atomic mass is 16.5. The molecule has 1 saturated heterocycles. The molecule has 0 aliphatic carbocycles. The molecule has 122 valence electrons. The Hall–Kier alpha value is -1.84. The number of hydrogen-bond acceptors (Lipinski definition) is 3. The Labute approximate surface area is 139 Å². The Balaban J connectivity index is 1.69. The molecule has 2 N–H and O–H groups in total. The second-order valence-electron chi connectivity index (χ2n) is 6.48. The summed E-state index contributed by atoms with van der Waals surface area (Å²) < 4.78 is 5.38. The van der Waals surface area contributed by atoms with E-state index in [0.29, 0.717) is 6.54 Å². The van der Waals surface area contributed by atoms with Crippen molar-refractivity contribution in [2.45, 2.75) is 24.8 Å². The van der Waals surface area contributed by atoms with E-state index in [1.807, 2.05) is 6.07 Å². The Morgan fingerprint density at radius 3 is 2.43 bits per heavy atom. The second kappa shape index (κ2) is 7.16. The van der Waals surface area contributed by atoms with Gasteiger partial charge in [0, 0.05) is 18.5 Å². The molecule has 0 aromatic heterocycles. The third-order valence-electron chi connectivity index (χ3n) is 5.14. The molecule has 0 atom stereocenters. The van der Waals surface area contributed by atoms with Gasteiger partial charge in [0.1, 0.15) is 5.75 Å². The molecule has 3 heteroatoms.